The summed E-state index contributed by atoms with van der Waals surface area (Å²) in [6.07, 6.45) is -3.14. The van der Waals surface area contributed by atoms with Crippen LogP contribution in [-0.4, -0.2) is 17.5 Å². The molecule has 1 atom stereocenters. The first kappa shape index (κ1) is 11.1. The van der Waals surface area contributed by atoms with Gasteiger partial charge in [0.1, 0.15) is 0 Å². The Kier molecular flexibility index (Phi) is 3.57. The molecule has 0 saturated heterocycles. The van der Waals surface area contributed by atoms with Crippen LogP contribution in [0.3, 0.4) is 0 Å². The van der Waals surface area contributed by atoms with Gasteiger partial charge in [0.05, 0.1) is 12.3 Å². The van der Waals surface area contributed by atoms with Gasteiger partial charge in [-0.05, 0) is 28.8 Å². The van der Waals surface area contributed by atoms with Crippen molar-refractivity contribution in [2.24, 2.45) is 0 Å². The Balaban J connectivity index is 2.88. The SMILES string of the molecule is Cc1cscc1C(CC(=O)O)C(F)F. The Labute approximate surface area is 84.2 Å². The van der Waals surface area contributed by atoms with Crippen molar-refractivity contribution in [3.05, 3.63) is 21.9 Å². The van der Waals surface area contributed by atoms with E-state index < -0.39 is 24.7 Å². The van der Waals surface area contributed by atoms with Crippen molar-refractivity contribution in [1.29, 1.82) is 0 Å². The van der Waals surface area contributed by atoms with Crippen LogP contribution < -0.4 is 0 Å². The highest BCUT2D eigenvalue weighted by atomic mass is 32.1. The van der Waals surface area contributed by atoms with E-state index in [9.17, 15) is 13.6 Å². The average Bonchev–Trinajstić information content (AvgIpc) is 2.46. The monoisotopic (exact) mass is 220 g/mol. The average molecular weight is 220 g/mol. The van der Waals surface area contributed by atoms with Gasteiger partial charge in [-0.3, -0.25) is 4.79 Å². The molecule has 0 aromatic carbocycles. The minimum atomic E-state index is -2.63. The first-order chi connectivity index (χ1) is 6.52. The van der Waals surface area contributed by atoms with Gasteiger partial charge in [0.15, 0.2) is 0 Å². The Morgan fingerprint density at radius 3 is 2.57 bits per heavy atom. The number of carbonyl (C=O) groups is 1. The van der Waals surface area contributed by atoms with Gasteiger partial charge in [0, 0.05) is 0 Å². The fourth-order valence-electron chi connectivity index (χ4n) is 1.27. The lowest BCUT2D eigenvalue weighted by atomic mass is 9.96. The number of aliphatic carboxylic acids is 1. The molecule has 1 aromatic rings. The highest BCUT2D eigenvalue weighted by Crippen LogP contribution is 2.31. The molecule has 0 fully saturated rings. The molecule has 0 aliphatic rings. The molecule has 1 heterocycles. The second-order valence-corrected chi connectivity index (χ2v) is 3.79. The lowest BCUT2D eigenvalue weighted by molar-refractivity contribution is -0.138. The third-order valence-corrected chi connectivity index (χ3v) is 2.87. The van der Waals surface area contributed by atoms with E-state index in [1.54, 1.807) is 17.7 Å². The molecule has 0 spiro atoms. The van der Waals surface area contributed by atoms with E-state index >= 15 is 0 Å². The summed E-state index contributed by atoms with van der Waals surface area (Å²) in [5, 5.41) is 11.8. The summed E-state index contributed by atoms with van der Waals surface area (Å²) in [5.41, 5.74) is 1.19. The van der Waals surface area contributed by atoms with Crippen LogP contribution in [0.15, 0.2) is 10.8 Å². The minimum absolute atomic E-state index is 0.451. The van der Waals surface area contributed by atoms with Gasteiger partial charge in [-0.2, -0.15) is 11.3 Å². The zero-order valence-corrected chi connectivity index (χ0v) is 8.35. The van der Waals surface area contributed by atoms with Crippen molar-refractivity contribution in [3.8, 4) is 0 Å². The second-order valence-electron chi connectivity index (χ2n) is 3.05. The maximum atomic E-state index is 12.5. The Bertz CT molecular complexity index is 322. The Hall–Kier alpha value is -0.970. The molecule has 0 saturated carbocycles. The van der Waals surface area contributed by atoms with Crippen molar-refractivity contribution in [2.75, 3.05) is 0 Å². The number of hydrogen-bond donors (Lipinski definition) is 1. The summed E-state index contributed by atoms with van der Waals surface area (Å²) in [5.74, 6) is -2.38. The number of carboxylic acid groups (broad SMARTS) is 1. The van der Waals surface area contributed by atoms with E-state index in [4.69, 9.17) is 5.11 Å². The van der Waals surface area contributed by atoms with Crippen LogP contribution >= 0.6 is 11.3 Å². The molecule has 1 unspecified atom stereocenters. The molecule has 0 bridgehead atoms. The normalized spacial score (nSPS) is 13.1. The van der Waals surface area contributed by atoms with Gasteiger partial charge in [-0.15, -0.1) is 0 Å². The molecule has 1 aromatic heterocycles. The molecular weight excluding hydrogens is 210 g/mol. The molecule has 0 aliphatic carbocycles. The minimum Gasteiger partial charge on any atom is -0.481 e. The van der Waals surface area contributed by atoms with Crippen LogP contribution in [0, 0.1) is 6.92 Å². The van der Waals surface area contributed by atoms with Gasteiger partial charge < -0.3 is 5.11 Å². The highest BCUT2D eigenvalue weighted by molar-refractivity contribution is 7.08. The highest BCUT2D eigenvalue weighted by Gasteiger charge is 2.26. The maximum absolute atomic E-state index is 12.5. The molecule has 1 rings (SSSR count). The second kappa shape index (κ2) is 4.50. The zero-order valence-electron chi connectivity index (χ0n) is 7.54. The van der Waals surface area contributed by atoms with E-state index in [-0.39, 0.29) is 0 Å². The first-order valence-corrected chi connectivity index (χ1v) is 4.99. The van der Waals surface area contributed by atoms with Crippen LogP contribution in [0.5, 0.6) is 0 Å². The Morgan fingerprint density at radius 1 is 1.57 bits per heavy atom. The smallest absolute Gasteiger partial charge is 0.304 e. The molecule has 2 nitrogen and oxygen atoms in total. The lowest BCUT2D eigenvalue weighted by Crippen LogP contribution is -2.14. The Morgan fingerprint density at radius 2 is 2.21 bits per heavy atom. The van der Waals surface area contributed by atoms with Crippen molar-refractivity contribution in [2.45, 2.75) is 25.7 Å². The molecule has 0 amide bonds. The van der Waals surface area contributed by atoms with Crippen LogP contribution in [0.2, 0.25) is 0 Å². The van der Waals surface area contributed by atoms with Crippen LogP contribution in [0.4, 0.5) is 8.78 Å². The van der Waals surface area contributed by atoms with E-state index in [2.05, 4.69) is 0 Å². The number of aryl methyl sites for hydroxylation is 1. The number of halogens is 2. The third kappa shape index (κ3) is 2.51. The predicted molar refractivity (Wildman–Crippen MR) is 50.1 cm³/mol. The molecule has 0 radical (unpaired) electrons. The summed E-state index contributed by atoms with van der Waals surface area (Å²) in [6, 6.07) is 0. The lowest BCUT2D eigenvalue weighted by Gasteiger charge is -2.13. The topological polar surface area (TPSA) is 37.3 Å². The van der Waals surface area contributed by atoms with Crippen molar-refractivity contribution < 1.29 is 18.7 Å². The van der Waals surface area contributed by atoms with Gasteiger partial charge in [0.2, 0.25) is 6.43 Å². The van der Waals surface area contributed by atoms with Gasteiger partial charge in [0.25, 0.3) is 0 Å². The fourth-order valence-corrected chi connectivity index (χ4v) is 2.19. The largest absolute Gasteiger partial charge is 0.481 e. The standard InChI is InChI=1S/C9H10F2O2S/c1-5-3-14-4-7(5)6(9(10)11)2-8(12)13/h3-4,6,9H,2H2,1H3,(H,12,13). The number of hydrogen-bond acceptors (Lipinski definition) is 2. The molecular formula is C9H10F2O2S. The molecule has 78 valence electrons. The van der Waals surface area contributed by atoms with Crippen molar-refractivity contribution in [1.82, 2.24) is 0 Å². The van der Waals surface area contributed by atoms with Crippen LogP contribution in [0.1, 0.15) is 23.5 Å². The molecule has 1 N–H and O–H groups in total. The number of alkyl halides is 2. The van der Waals surface area contributed by atoms with Crippen molar-refractivity contribution >= 4 is 17.3 Å². The van der Waals surface area contributed by atoms with E-state index in [1.807, 2.05) is 0 Å². The van der Waals surface area contributed by atoms with E-state index in [0.717, 1.165) is 5.56 Å². The van der Waals surface area contributed by atoms with Gasteiger partial charge >= 0.3 is 5.97 Å². The zero-order chi connectivity index (χ0) is 10.7. The predicted octanol–water partition coefficient (Wildman–Crippen LogP) is 2.88. The molecule has 5 heteroatoms. The summed E-state index contributed by atoms with van der Waals surface area (Å²) < 4.78 is 25.1. The van der Waals surface area contributed by atoms with Crippen LogP contribution in [0.25, 0.3) is 0 Å². The van der Waals surface area contributed by atoms with Crippen LogP contribution in [-0.2, 0) is 4.79 Å². The third-order valence-electron chi connectivity index (χ3n) is 1.99. The summed E-state index contributed by atoms with van der Waals surface area (Å²) in [7, 11) is 0. The quantitative estimate of drug-likeness (QED) is 0.847. The summed E-state index contributed by atoms with van der Waals surface area (Å²) in [4.78, 5) is 10.4. The van der Waals surface area contributed by atoms with E-state index in [0.29, 0.717) is 5.56 Å². The fraction of sp³-hybridized carbons (Fsp3) is 0.444. The van der Waals surface area contributed by atoms with Crippen molar-refractivity contribution in [3.63, 3.8) is 0 Å². The van der Waals surface area contributed by atoms with Gasteiger partial charge in [-0.1, -0.05) is 0 Å². The number of carboxylic acids is 1. The first-order valence-electron chi connectivity index (χ1n) is 4.05. The number of thiophene rings is 1. The molecule has 0 aliphatic heterocycles. The summed E-state index contributed by atoms with van der Waals surface area (Å²) >= 11 is 1.31. The van der Waals surface area contributed by atoms with E-state index in [1.165, 1.54) is 11.3 Å². The summed E-state index contributed by atoms with van der Waals surface area (Å²) in [6.45, 7) is 1.71. The maximum Gasteiger partial charge on any atom is 0.304 e. The number of rotatable bonds is 4. The van der Waals surface area contributed by atoms with Gasteiger partial charge in [-0.25, -0.2) is 8.78 Å². The molecule has 14 heavy (non-hydrogen) atoms.